The molecule has 0 aliphatic carbocycles. The van der Waals surface area contributed by atoms with E-state index in [-0.39, 0.29) is 39.1 Å². The molecule has 0 saturated carbocycles. The smallest absolute Gasteiger partial charge is 0.248 e. The normalized spacial score (nSPS) is 19.1. The van der Waals surface area contributed by atoms with Crippen LogP contribution in [-0.4, -0.2) is 82.6 Å². The van der Waals surface area contributed by atoms with Crippen LogP contribution in [0.3, 0.4) is 0 Å². The summed E-state index contributed by atoms with van der Waals surface area (Å²) >= 11 is 18.3. The summed E-state index contributed by atoms with van der Waals surface area (Å²) in [7, 11) is -2.32. The summed E-state index contributed by atoms with van der Waals surface area (Å²) in [5.74, 6) is 0.693. The van der Waals surface area contributed by atoms with Gasteiger partial charge in [0.2, 0.25) is 15.9 Å². The minimum absolute atomic E-state index is 0.0250. The van der Waals surface area contributed by atoms with Gasteiger partial charge in [-0.1, -0.05) is 34.8 Å². The van der Waals surface area contributed by atoms with Crippen molar-refractivity contribution >= 4 is 56.4 Å². The highest BCUT2D eigenvalue weighted by Gasteiger charge is 2.38. The summed E-state index contributed by atoms with van der Waals surface area (Å²) in [5, 5.41) is 0.208. The second-order valence-corrected chi connectivity index (χ2v) is 11.8. The van der Waals surface area contributed by atoms with Crippen molar-refractivity contribution in [2.75, 3.05) is 57.9 Å². The van der Waals surface area contributed by atoms with E-state index in [1.807, 2.05) is 24.3 Å². The lowest BCUT2D eigenvalue weighted by Crippen LogP contribution is -2.50. The van der Waals surface area contributed by atoms with E-state index in [0.717, 1.165) is 24.5 Å². The Bertz CT molecular complexity index is 1160. The van der Waals surface area contributed by atoms with E-state index in [9.17, 15) is 13.2 Å². The van der Waals surface area contributed by atoms with Crippen LogP contribution in [0.2, 0.25) is 15.1 Å². The van der Waals surface area contributed by atoms with Crippen molar-refractivity contribution in [3.8, 4) is 5.75 Å². The number of nitrogens with zero attached hydrogens (tertiary/aromatic N) is 3. The topological polar surface area (TPSA) is 79.4 Å². The van der Waals surface area contributed by atoms with E-state index in [1.54, 1.807) is 12.0 Å². The number of rotatable bonds is 8. The summed E-state index contributed by atoms with van der Waals surface area (Å²) in [6.07, 6.45) is 1.30. The van der Waals surface area contributed by atoms with Crippen molar-refractivity contribution < 1.29 is 22.7 Å². The van der Waals surface area contributed by atoms with E-state index in [2.05, 4.69) is 4.90 Å². The minimum atomic E-state index is -3.95. The summed E-state index contributed by atoms with van der Waals surface area (Å²) in [6, 6.07) is 10.2. The van der Waals surface area contributed by atoms with Crippen LogP contribution < -0.4 is 9.64 Å². The van der Waals surface area contributed by atoms with E-state index in [1.165, 1.54) is 16.4 Å². The predicted molar refractivity (Wildman–Crippen MR) is 141 cm³/mol. The monoisotopic (exact) mass is 575 g/mol. The largest absolute Gasteiger partial charge is 0.497 e. The molecule has 1 amide bonds. The quantitative estimate of drug-likeness (QED) is 0.469. The zero-order valence-corrected chi connectivity index (χ0v) is 22.9. The van der Waals surface area contributed by atoms with E-state index in [0.29, 0.717) is 32.5 Å². The van der Waals surface area contributed by atoms with Crippen LogP contribution in [0.5, 0.6) is 5.75 Å². The number of hydrogen-bond acceptors (Lipinski definition) is 6. The van der Waals surface area contributed by atoms with Gasteiger partial charge < -0.3 is 19.3 Å². The molecule has 0 N–H and O–H groups in total. The number of carbonyl (C=O) groups is 1. The van der Waals surface area contributed by atoms with Crippen molar-refractivity contribution in [2.24, 2.45) is 0 Å². The number of ether oxygens (including phenoxy) is 2. The zero-order chi connectivity index (χ0) is 25.9. The molecule has 2 aromatic rings. The molecule has 12 heteroatoms. The van der Waals surface area contributed by atoms with Gasteiger partial charge in [-0.25, -0.2) is 8.42 Å². The average Bonchev–Trinajstić information content (AvgIpc) is 3.33. The van der Waals surface area contributed by atoms with Gasteiger partial charge in [-0.2, -0.15) is 4.31 Å². The molecule has 2 heterocycles. The fourth-order valence-electron chi connectivity index (χ4n) is 4.57. The van der Waals surface area contributed by atoms with Crippen LogP contribution in [0.25, 0.3) is 0 Å². The minimum Gasteiger partial charge on any atom is -0.497 e. The summed E-state index contributed by atoms with van der Waals surface area (Å²) in [4.78, 5) is 16.5. The van der Waals surface area contributed by atoms with Crippen LogP contribution in [0.1, 0.15) is 12.8 Å². The number of halogens is 3. The Labute approximate surface area is 226 Å². The van der Waals surface area contributed by atoms with Crippen LogP contribution in [-0.2, 0) is 19.6 Å². The van der Waals surface area contributed by atoms with E-state index in [4.69, 9.17) is 44.3 Å². The molecular formula is C24H28Cl3N3O5S. The average molecular weight is 577 g/mol. The van der Waals surface area contributed by atoms with Crippen LogP contribution in [0.4, 0.5) is 5.69 Å². The molecule has 36 heavy (non-hydrogen) atoms. The highest BCUT2D eigenvalue weighted by Crippen LogP contribution is 2.37. The molecule has 0 spiro atoms. The number of amides is 1. The number of piperazine rings is 1. The number of hydrogen-bond donors (Lipinski definition) is 0. The van der Waals surface area contributed by atoms with E-state index >= 15 is 0 Å². The van der Waals surface area contributed by atoms with Crippen molar-refractivity contribution in [3.63, 3.8) is 0 Å². The van der Waals surface area contributed by atoms with Crippen molar-refractivity contribution in [2.45, 2.75) is 23.8 Å². The molecule has 0 aromatic heterocycles. The Balaban J connectivity index is 1.29. The molecule has 4 rings (SSSR count). The summed E-state index contributed by atoms with van der Waals surface area (Å²) < 4.78 is 38.9. The first-order valence-corrected chi connectivity index (χ1v) is 14.2. The molecule has 2 fully saturated rings. The predicted octanol–water partition coefficient (Wildman–Crippen LogP) is 4.17. The molecule has 0 bridgehead atoms. The number of methoxy groups -OCH3 is 1. The van der Waals surface area contributed by atoms with Crippen molar-refractivity contribution in [1.82, 2.24) is 9.21 Å². The molecule has 2 saturated heterocycles. The summed E-state index contributed by atoms with van der Waals surface area (Å²) in [5.41, 5.74) is 1.09. The maximum Gasteiger partial charge on any atom is 0.248 e. The van der Waals surface area contributed by atoms with Gasteiger partial charge in [0.15, 0.2) is 0 Å². The third kappa shape index (κ3) is 6.03. The molecule has 2 aromatic carbocycles. The maximum absolute atomic E-state index is 13.3. The Morgan fingerprint density at radius 1 is 1.00 bits per heavy atom. The van der Waals surface area contributed by atoms with Gasteiger partial charge in [-0.15, -0.1) is 0 Å². The SMILES string of the molecule is COc1ccc(N2CCN(C(=O)COCC3CCCN3S(=O)(=O)c3c(Cl)cc(Cl)cc3Cl)CC2)cc1. The van der Waals surface area contributed by atoms with Crippen LogP contribution in [0.15, 0.2) is 41.3 Å². The van der Waals surface area contributed by atoms with Crippen LogP contribution in [0, 0.1) is 0 Å². The molecular weight excluding hydrogens is 549 g/mol. The number of carbonyl (C=O) groups excluding carboxylic acids is 1. The lowest BCUT2D eigenvalue weighted by Gasteiger charge is -2.36. The maximum atomic E-state index is 13.3. The second kappa shape index (κ2) is 11.8. The fourth-order valence-corrected chi connectivity index (χ4v) is 7.74. The van der Waals surface area contributed by atoms with Gasteiger partial charge in [-0.3, -0.25) is 4.79 Å². The van der Waals surface area contributed by atoms with Gasteiger partial charge in [0, 0.05) is 49.5 Å². The lowest BCUT2D eigenvalue weighted by molar-refractivity contribution is -0.136. The standard InChI is InChI=1S/C24H28Cl3N3O5S/c1-34-20-6-4-18(5-7-20)28-9-11-29(12-10-28)23(31)16-35-15-19-3-2-8-30(19)36(32,33)24-21(26)13-17(25)14-22(24)27/h4-7,13-14,19H,2-3,8-12,15-16H2,1H3. The van der Waals surface area contributed by atoms with Gasteiger partial charge in [0.05, 0.1) is 23.8 Å². The van der Waals surface area contributed by atoms with Gasteiger partial charge in [-0.05, 0) is 49.2 Å². The van der Waals surface area contributed by atoms with Crippen molar-refractivity contribution in [1.29, 1.82) is 0 Å². The van der Waals surface area contributed by atoms with Gasteiger partial charge >= 0.3 is 0 Å². The highest BCUT2D eigenvalue weighted by molar-refractivity contribution is 7.89. The molecule has 8 nitrogen and oxygen atoms in total. The molecule has 1 unspecified atom stereocenters. The zero-order valence-electron chi connectivity index (χ0n) is 19.8. The second-order valence-electron chi connectivity index (χ2n) is 8.69. The first kappa shape index (κ1) is 27.3. The van der Waals surface area contributed by atoms with Crippen molar-refractivity contribution in [3.05, 3.63) is 51.5 Å². The summed E-state index contributed by atoms with van der Waals surface area (Å²) in [6.45, 7) is 2.95. The van der Waals surface area contributed by atoms with Crippen LogP contribution >= 0.6 is 34.8 Å². The Hall–Kier alpha value is -1.75. The first-order valence-electron chi connectivity index (χ1n) is 11.6. The highest BCUT2D eigenvalue weighted by atomic mass is 35.5. The fraction of sp³-hybridized carbons (Fsp3) is 0.458. The Kier molecular flexibility index (Phi) is 8.91. The third-order valence-electron chi connectivity index (χ3n) is 6.46. The number of sulfonamides is 1. The van der Waals surface area contributed by atoms with E-state index < -0.39 is 16.1 Å². The Morgan fingerprint density at radius 2 is 1.64 bits per heavy atom. The first-order chi connectivity index (χ1) is 17.2. The number of anilines is 1. The molecule has 2 aliphatic rings. The van der Waals surface area contributed by atoms with Gasteiger partial charge in [0.25, 0.3) is 0 Å². The molecule has 0 radical (unpaired) electrons. The molecule has 2 aliphatic heterocycles. The lowest BCUT2D eigenvalue weighted by atomic mass is 10.2. The Morgan fingerprint density at radius 3 is 2.25 bits per heavy atom. The molecule has 1 atom stereocenters. The third-order valence-corrected chi connectivity index (χ3v) is 9.55. The van der Waals surface area contributed by atoms with Gasteiger partial charge in [0.1, 0.15) is 17.3 Å². The number of benzene rings is 2. The molecule has 196 valence electrons.